The monoisotopic (exact) mass is 247 g/mol. The van der Waals surface area contributed by atoms with Crippen molar-refractivity contribution in [3.63, 3.8) is 0 Å². The predicted octanol–water partition coefficient (Wildman–Crippen LogP) is 0.268. The van der Waals surface area contributed by atoms with Gasteiger partial charge in [0.25, 0.3) is 0 Å². The van der Waals surface area contributed by atoms with E-state index in [4.69, 9.17) is 0 Å². The highest BCUT2D eigenvalue weighted by Crippen LogP contribution is 2.23. The largest absolute Gasteiger partial charge is 0.392 e. The van der Waals surface area contributed by atoms with Gasteiger partial charge in [0.15, 0.2) is 0 Å². The van der Waals surface area contributed by atoms with E-state index in [2.05, 4.69) is 4.90 Å². The zero-order valence-electron chi connectivity index (χ0n) is 9.64. The molecule has 0 aromatic rings. The minimum atomic E-state index is -2.80. The maximum Gasteiger partial charge on any atom is 0.150 e. The number of hydrogen-bond acceptors (Lipinski definition) is 4. The minimum Gasteiger partial charge on any atom is -0.392 e. The van der Waals surface area contributed by atoms with Gasteiger partial charge in [-0.1, -0.05) is 0 Å². The zero-order chi connectivity index (χ0) is 11.6. The van der Waals surface area contributed by atoms with Crippen LogP contribution in [0.15, 0.2) is 0 Å². The van der Waals surface area contributed by atoms with E-state index < -0.39 is 9.84 Å². The Balaban J connectivity index is 1.79. The van der Waals surface area contributed by atoms with Crippen molar-refractivity contribution >= 4 is 9.84 Å². The maximum absolute atomic E-state index is 11.3. The van der Waals surface area contributed by atoms with Gasteiger partial charge in [-0.05, 0) is 44.7 Å². The average molecular weight is 247 g/mol. The van der Waals surface area contributed by atoms with Crippen LogP contribution in [-0.2, 0) is 9.84 Å². The highest BCUT2D eigenvalue weighted by molar-refractivity contribution is 7.91. The molecule has 2 heterocycles. The Morgan fingerprint density at radius 2 is 1.75 bits per heavy atom. The fourth-order valence-corrected chi connectivity index (χ4v) is 4.20. The molecule has 0 aromatic heterocycles. The first-order valence-electron chi connectivity index (χ1n) is 6.18. The molecule has 1 atom stereocenters. The number of aliphatic hydroxyl groups excluding tert-OH is 1. The van der Waals surface area contributed by atoms with Crippen molar-refractivity contribution in [1.82, 2.24) is 4.90 Å². The van der Waals surface area contributed by atoms with E-state index in [1.54, 1.807) is 0 Å². The number of rotatable bonds is 3. The summed E-state index contributed by atoms with van der Waals surface area (Å²) in [6.07, 6.45) is 3.39. The fraction of sp³-hybridized carbons (Fsp3) is 1.00. The lowest BCUT2D eigenvalue weighted by Gasteiger charge is -2.29. The Morgan fingerprint density at radius 3 is 2.31 bits per heavy atom. The van der Waals surface area contributed by atoms with Crippen LogP contribution in [0.25, 0.3) is 0 Å². The number of nitrogens with zero attached hydrogens (tertiary/aromatic N) is 1. The summed E-state index contributed by atoms with van der Waals surface area (Å²) in [5, 5.41) is 10.1. The summed E-state index contributed by atoms with van der Waals surface area (Å²) in [5.74, 6) is 0.702. The molecular weight excluding hydrogens is 226 g/mol. The predicted molar refractivity (Wildman–Crippen MR) is 63.1 cm³/mol. The third kappa shape index (κ3) is 3.18. The molecule has 0 aliphatic carbocycles. The number of likely N-dealkylation sites (tertiary alicyclic amines) is 1. The lowest BCUT2D eigenvalue weighted by Crippen LogP contribution is -2.38. The fourth-order valence-electron chi connectivity index (χ4n) is 2.67. The Hall–Kier alpha value is -0.130. The van der Waals surface area contributed by atoms with Gasteiger partial charge in [0.05, 0.1) is 17.6 Å². The molecule has 0 saturated carbocycles. The summed E-state index contributed by atoms with van der Waals surface area (Å²) < 4.78 is 22.5. The molecule has 16 heavy (non-hydrogen) atoms. The first-order valence-corrected chi connectivity index (χ1v) is 8.00. The summed E-state index contributed by atoms with van der Waals surface area (Å²) in [6, 6.07) is 0. The first kappa shape index (κ1) is 12.3. The smallest absolute Gasteiger partial charge is 0.150 e. The van der Waals surface area contributed by atoms with Crippen molar-refractivity contribution < 1.29 is 13.5 Å². The minimum absolute atomic E-state index is 0.184. The van der Waals surface area contributed by atoms with Crippen molar-refractivity contribution in [1.29, 1.82) is 0 Å². The van der Waals surface area contributed by atoms with E-state index in [1.807, 2.05) is 0 Å². The highest BCUT2D eigenvalue weighted by Gasteiger charge is 2.29. The summed E-state index contributed by atoms with van der Waals surface area (Å²) >= 11 is 0. The Labute approximate surface area is 97.6 Å². The van der Waals surface area contributed by atoms with Crippen LogP contribution in [0, 0.1) is 5.92 Å². The van der Waals surface area contributed by atoms with E-state index in [-0.39, 0.29) is 23.5 Å². The molecule has 2 rings (SSSR count). The van der Waals surface area contributed by atoms with Gasteiger partial charge in [-0.3, -0.25) is 0 Å². The van der Waals surface area contributed by atoms with Crippen molar-refractivity contribution in [2.45, 2.75) is 31.8 Å². The molecule has 0 aromatic carbocycles. The van der Waals surface area contributed by atoms with Gasteiger partial charge < -0.3 is 10.0 Å². The molecule has 0 amide bonds. The summed E-state index contributed by atoms with van der Waals surface area (Å²) in [7, 11) is -2.80. The summed E-state index contributed by atoms with van der Waals surface area (Å²) in [6.45, 7) is 2.90. The Bertz CT molecular complexity index is 308. The topological polar surface area (TPSA) is 57.6 Å². The second-order valence-corrected chi connectivity index (χ2v) is 7.37. The zero-order valence-corrected chi connectivity index (χ0v) is 10.5. The van der Waals surface area contributed by atoms with Crippen LogP contribution in [0.3, 0.4) is 0 Å². The lowest BCUT2D eigenvalue weighted by atomic mass is 9.96. The van der Waals surface area contributed by atoms with Crippen LogP contribution in [0.4, 0.5) is 0 Å². The first-order chi connectivity index (χ1) is 7.57. The molecule has 2 saturated heterocycles. The average Bonchev–Trinajstić information content (AvgIpc) is 2.70. The molecule has 94 valence electrons. The molecule has 0 radical (unpaired) electrons. The molecule has 0 spiro atoms. The third-order valence-corrected chi connectivity index (χ3v) is 5.50. The van der Waals surface area contributed by atoms with Gasteiger partial charge in [-0.2, -0.15) is 0 Å². The maximum atomic E-state index is 11.3. The molecule has 2 aliphatic rings. The SMILES string of the molecule is O=S1(=O)CCC(C(O)CN2CCCC2)CC1. The second kappa shape index (κ2) is 5.02. The van der Waals surface area contributed by atoms with Gasteiger partial charge in [0, 0.05) is 6.54 Å². The van der Waals surface area contributed by atoms with Gasteiger partial charge >= 0.3 is 0 Å². The normalized spacial score (nSPS) is 29.3. The van der Waals surface area contributed by atoms with Crippen LogP contribution in [0.1, 0.15) is 25.7 Å². The van der Waals surface area contributed by atoms with Crippen molar-refractivity contribution in [2.75, 3.05) is 31.1 Å². The Morgan fingerprint density at radius 1 is 1.19 bits per heavy atom. The van der Waals surface area contributed by atoms with Gasteiger partial charge in [-0.15, -0.1) is 0 Å². The number of sulfone groups is 1. The van der Waals surface area contributed by atoms with Crippen molar-refractivity contribution in [3.05, 3.63) is 0 Å². The summed E-state index contributed by atoms with van der Waals surface area (Å²) in [4.78, 5) is 2.29. The van der Waals surface area contributed by atoms with Gasteiger partial charge in [0.2, 0.25) is 0 Å². The van der Waals surface area contributed by atoms with E-state index in [9.17, 15) is 13.5 Å². The second-order valence-electron chi connectivity index (χ2n) is 5.06. The van der Waals surface area contributed by atoms with Crippen LogP contribution >= 0.6 is 0 Å². The van der Waals surface area contributed by atoms with Gasteiger partial charge in [-0.25, -0.2) is 8.42 Å². The summed E-state index contributed by atoms with van der Waals surface area (Å²) in [5.41, 5.74) is 0. The number of hydrogen-bond donors (Lipinski definition) is 1. The van der Waals surface area contributed by atoms with Gasteiger partial charge in [0.1, 0.15) is 9.84 Å². The van der Waals surface area contributed by atoms with Crippen LogP contribution < -0.4 is 0 Å². The third-order valence-electron chi connectivity index (χ3n) is 3.79. The molecule has 2 fully saturated rings. The van der Waals surface area contributed by atoms with Crippen molar-refractivity contribution in [3.8, 4) is 0 Å². The molecule has 1 unspecified atom stereocenters. The van der Waals surface area contributed by atoms with E-state index in [0.29, 0.717) is 12.8 Å². The van der Waals surface area contributed by atoms with E-state index >= 15 is 0 Å². The van der Waals surface area contributed by atoms with Crippen molar-refractivity contribution in [2.24, 2.45) is 5.92 Å². The standard InChI is InChI=1S/C11H21NO3S/c13-11(9-12-5-1-2-6-12)10-3-7-16(14,15)8-4-10/h10-11,13H,1-9H2. The van der Waals surface area contributed by atoms with Crippen LogP contribution in [0.2, 0.25) is 0 Å². The molecule has 0 bridgehead atoms. The van der Waals surface area contributed by atoms with E-state index in [1.165, 1.54) is 12.8 Å². The Kier molecular flexibility index (Phi) is 3.87. The molecule has 1 N–H and O–H groups in total. The van der Waals surface area contributed by atoms with Crippen LogP contribution in [-0.4, -0.2) is 55.7 Å². The highest BCUT2D eigenvalue weighted by atomic mass is 32.2. The quantitative estimate of drug-likeness (QED) is 0.777. The lowest BCUT2D eigenvalue weighted by molar-refractivity contribution is 0.0670. The number of β-amino-alcohol motifs (C(OH)–C–C–N with tert-alkyl or cyclic N) is 1. The van der Waals surface area contributed by atoms with E-state index in [0.717, 1.165) is 19.6 Å². The molecular formula is C11H21NO3S. The molecule has 4 nitrogen and oxygen atoms in total. The molecule has 5 heteroatoms. The number of aliphatic hydroxyl groups is 1. The molecule has 2 aliphatic heterocycles. The van der Waals surface area contributed by atoms with Crippen LogP contribution in [0.5, 0.6) is 0 Å².